The second-order valence-corrected chi connectivity index (χ2v) is 11.2. The maximum atomic E-state index is 10.9. The van der Waals surface area contributed by atoms with Gasteiger partial charge < -0.3 is 9.47 Å². The zero-order chi connectivity index (χ0) is 25.4. The highest BCUT2D eigenvalue weighted by Crippen LogP contribution is 2.27. The van der Waals surface area contributed by atoms with Crippen molar-refractivity contribution in [3.05, 3.63) is 57.0 Å². The van der Waals surface area contributed by atoms with Crippen molar-refractivity contribution in [2.75, 3.05) is 37.2 Å². The Kier molecular flexibility index (Phi) is 9.98. The number of halogens is 2. The van der Waals surface area contributed by atoms with Gasteiger partial charge in [-0.1, -0.05) is 0 Å². The number of pyridine rings is 2. The van der Waals surface area contributed by atoms with Crippen molar-refractivity contribution in [2.45, 2.75) is 0 Å². The van der Waals surface area contributed by atoms with Gasteiger partial charge in [-0.25, -0.2) is 9.03 Å². The zero-order valence-corrected chi connectivity index (χ0v) is 23.6. The van der Waals surface area contributed by atoms with Gasteiger partial charge in [0.15, 0.2) is 0 Å². The van der Waals surface area contributed by atoms with Crippen LogP contribution in [0.3, 0.4) is 0 Å². The molecule has 4 heterocycles. The van der Waals surface area contributed by atoms with Gasteiger partial charge in [0.25, 0.3) is 0 Å². The predicted molar refractivity (Wildman–Crippen MR) is 144 cm³/mol. The molecule has 0 aromatic carbocycles. The van der Waals surface area contributed by atoms with Crippen LogP contribution in [0.25, 0.3) is 11.0 Å². The van der Waals surface area contributed by atoms with Crippen LogP contribution >= 0.6 is 43.6 Å². The lowest BCUT2D eigenvalue weighted by atomic mass is 10.3. The average molecular weight is 640 g/mol. The van der Waals surface area contributed by atoms with Gasteiger partial charge in [0.2, 0.25) is 0 Å². The maximum Gasteiger partial charge on any atom is 0.138 e. The van der Waals surface area contributed by atoms with Crippen LogP contribution in [0.1, 0.15) is 11.1 Å². The molecule has 0 amide bonds. The van der Waals surface area contributed by atoms with Crippen LogP contribution in [0.4, 0.5) is 0 Å². The molecule has 13 heteroatoms. The largest absolute Gasteiger partial charge is 0.491 e. The Morgan fingerprint density at radius 1 is 0.971 bits per heavy atom. The molecule has 1 unspecified atom stereocenters. The fraction of sp³-hybridized carbons (Fsp3) is 0.273. The normalized spacial score (nSPS) is 11.4. The van der Waals surface area contributed by atoms with Gasteiger partial charge >= 0.3 is 0 Å². The van der Waals surface area contributed by atoms with Crippen molar-refractivity contribution in [2.24, 2.45) is 0 Å². The van der Waals surface area contributed by atoms with Crippen molar-refractivity contribution < 1.29 is 13.7 Å². The molecule has 0 aliphatic rings. The number of thioether (sulfide) groups is 1. The molecule has 0 saturated heterocycles. The van der Waals surface area contributed by atoms with Crippen molar-refractivity contribution in [1.82, 2.24) is 19.2 Å². The molecule has 35 heavy (non-hydrogen) atoms. The summed E-state index contributed by atoms with van der Waals surface area (Å²) in [6, 6.07) is 7.81. The molecule has 0 spiro atoms. The van der Waals surface area contributed by atoms with Gasteiger partial charge in [-0.15, -0.1) is 0 Å². The van der Waals surface area contributed by atoms with Gasteiger partial charge in [0, 0.05) is 31.8 Å². The van der Waals surface area contributed by atoms with Crippen molar-refractivity contribution in [1.29, 1.82) is 10.5 Å². The summed E-state index contributed by atoms with van der Waals surface area (Å²) < 4.78 is 26.8. The van der Waals surface area contributed by atoms with E-state index in [1.54, 1.807) is 51.7 Å². The third-order valence-electron chi connectivity index (χ3n) is 4.52. The smallest absolute Gasteiger partial charge is 0.138 e. The molecule has 4 rings (SSSR count). The zero-order valence-electron chi connectivity index (χ0n) is 18.8. The van der Waals surface area contributed by atoms with E-state index in [9.17, 15) is 4.21 Å². The minimum absolute atomic E-state index is 0.382. The van der Waals surface area contributed by atoms with Crippen molar-refractivity contribution >= 4 is 65.5 Å². The number of hydrogen-bond acceptors (Lipinski definition) is 8. The Morgan fingerprint density at radius 2 is 1.46 bits per heavy atom. The first-order valence-electron chi connectivity index (χ1n) is 10.1. The van der Waals surface area contributed by atoms with Crippen molar-refractivity contribution in [3.8, 4) is 23.6 Å². The number of ether oxygens (including phenoxy) is 2. The van der Waals surface area contributed by atoms with E-state index in [2.05, 4.69) is 54.2 Å². The van der Waals surface area contributed by atoms with Gasteiger partial charge in [0.05, 0.1) is 65.9 Å². The minimum atomic E-state index is -0.871. The van der Waals surface area contributed by atoms with Crippen LogP contribution in [0.5, 0.6) is 11.5 Å². The quantitative estimate of drug-likeness (QED) is 0.260. The fourth-order valence-corrected chi connectivity index (χ4v) is 4.75. The van der Waals surface area contributed by atoms with E-state index in [4.69, 9.17) is 20.0 Å². The Bertz CT molecular complexity index is 1440. The summed E-state index contributed by atoms with van der Waals surface area (Å²) in [6.07, 6.45) is 10.2. The Labute approximate surface area is 225 Å². The van der Waals surface area contributed by atoms with E-state index in [1.165, 1.54) is 6.20 Å². The molecular weight excluding hydrogens is 620 g/mol. The molecular formula is C22H20Br2N6O3S2. The summed E-state index contributed by atoms with van der Waals surface area (Å²) in [7, 11) is -0.871. The topological polar surface area (TPSA) is 118 Å². The van der Waals surface area contributed by atoms with Gasteiger partial charge in [0.1, 0.15) is 23.6 Å². The summed E-state index contributed by atoms with van der Waals surface area (Å²) in [4.78, 5) is 0. The number of nitriles is 2. The van der Waals surface area contributed by atoms with Crippen LogP contribution in [0.2, 0.25) is 0 Å². The molecule has 4 aromatic heterocycles. The highest BCUT2D eigenvalue weighted by Gasteiger charge is 2.10. The van der Waals surface area contributed by atoms with Gasteiger partial charge in [-0.2, -0.15) is 32.5 Å². The number of nitrogens with zero attached hydrogens (tertiary/aromatic N) is 6. The first-order chi connectivity index (χ1) is 16.9. The molecule has 0 aliphatic heterocycles. The van der Waals surface area contributed by atoms with Crippen LogP contribution < -0.4 is 9.47 Å². The van der Waals surface area contributed by atoms with Gasteiger partial charge in [-0.3, -0.25) is 4.21 Å². The number of fused-ring (bicyclic) bond motifs is 2. The third kappa shape index (κ3) is 6.98. The Balaban J connectivity index is 0.000000196. The van der Waals surface area contributed by atoms with Gasteiger partial charge in [-0.05, 0) is 50.2 Å². The summed E-state index contributed by atoms with van der Waals surface area (Å²) in [5.74, 6) is 2.79. The molecule has 0 N–H and O–H groups in total. The lowest BCUT2D eigenvalue weighted by molar-refractivity contribution is 0.340. The minimum Gasteiger partial charge on any atom is -0.491 e. The second kappa shape index (κ2) is 12.9. The average Bonchev–Trinajstić information content (AvgIpc) is 3.44. The molecule has 0 aliphatic carbocycles. The fourth-order valence-electron chi connectivity index (χ4n) is 2.94. The SMILES string of the molecule is CS(=O)CCOc1cc(Br)c2c(C#N)cnn2c1.CSCCOc1cc(Br)c2c(C#N)cnn2c1. The van der Waals surface area contributed by atoms with E-state index in [0.29, 0.717) is 41.4 Å². The molecule has 0 radical (unpaired) electrons. The standard InChI is InChI=1S/C11H10BrN3O2S.C11H10BrN3OS/c1-18(16)3-2-17-9-4-10(12)11-8(5-13)6-14-15(11)7-9;1-17-3-2-16-9-4-10(12)11-8(5-13)6-14-15(11)7-9/h4,6-7H,2-3H2,1H3;4,6-7H,2-3H2,1H3. The first kappa shape index (κ1) is 27.0. The maximum absolute atomic E-state index is 10.9. The number of aromatic nitrogens is 4. The second-order valence-electron chi connectivity index (χ2n) is 6.94. The molecule has 0 bridgehead atoms. The highest BCUT2D eigenvalue weighted by molar-refractivity contribution is 9.11. The first-order valence-corrected chi connectivity index (χ1v) is 14.8. The number of rotatable bonds is 8. The van der Waals surface area contributed by atoms with Crippen LogP contribution in [0.15, 0.2) is 45.9 Å². The molecule has 1 atom stereocenters. The Morgan fingerprint density at radius 3 is 1.89 bits per heavy atom. The number of hydrogen-bond donors (Lipinski definition) is 0. The molecule has 9 nitrogen and oxygen atoms in total. The van der Waals surface area contributed by atoms with E-state index < -0.39 is 10.8 Å². The molecule has 4 aromatic rings. The van der Waals surface area contributed by atoms with E-state index in [1.807, 2.05) is 12.3 Å². The Hall–Kier alpha value is -2.58. The highest BCUT2D eigenvalue weighted by atomic mass is 79.9. The summed E-state index contributed by atoms with van der Waals surface area (Å²) in [6.45, 7) is 1.04. The lowest BCUT2D eigenvalue weighted by Gasteiger charge is -2.06. The summed E-state index contributed by atoms with van der Waals surface area (Å²) in [5, 5.41) is 26.1. The summed E-state index contributed by atoms with van der Waals surface area (Å²) >= 11 is 8.55. The van der Waals surface area contributed by atoms with Crippen LogP contribution in [-0.4, -0.2) is 60.7 Å². The predicted octanol–water partition coefficient (Wildman–Crippen LogP) is 4.44. The van der Waals surface area contributed by atoms with E-state index in [0.717, 1.165) is 26.0 Å². The van der Waals surface area contributed by atoms with E-state index >= 15 is 0 Å². The molecule has 0 fully saturated rings. The third-order valence-corrected chi connectivity index (χ3v) is 7.04. The monoisotopic (exact) mass is 638 g/mol. The van der Waals surface area contributed by atoms with Crippen LogP contribution in [-0.2, 0) is 10.8 Å². The lowest BCUT2D eigenvalue weighted by Crippen LogP contribution is -2.07. The molecule has 182 valence electrons. The van der Waals surface area contributed by atoms with E-state index in [-0.39, 0.29) is 0 Å². The van der Waals surface area contributed by atoms with Crippen molar-refractivity contribution in [3.63, 3.8) is 0 Å². The van der Waals surface area contributed by atoms with Crippen LogP contribution in [0, 0.1) is 22.7 Å². The molecule has 0 saturated carbocycles. The summed E-state index contributed by atoms with van der Waals surface area (Å²) in [5.41, 5.74) is 2.53.